The van der Waals surface area contributed by atoms with Crippen LogP contribution >= 0.6 is 8.38 Å². The maximum atomic E-state index is 7.58. The van der Waals surface area contributed by atoms with Gasteiger partial charge in [0, 0.05) is 19.7 Å². The molecule has 0 bridgehead atoms. The topological polar surface area (TPSA) is 27.7 Å². The first-order chi connectivity index (χ1) is 8.17. The predicted molar refractivity (Wildman–Crippen MR) is 66.4 cm³/mol. The Bertz CT molecular complexity index is 257. The Balaban J connectivity index is 2.21. The second-order valence-electron chi connectivity index (χ2n) is 3.71. The third-order valence-electron chi connectivity index (χ3n) is 2.44. The molecule has 1 fully saturated rings. The zero-order valence-corrected chi connectivity index (χ0v) is 10.9. The van der Waals surface area contributed by atoms with Crippen LogP contribution in [0.3, 0.4) is 0 Å². The molecular weight excluding hydrogens is 223 g/mol. The van der Waals surface area contributed by atoms with Gasteiger partial charge in [-0.1, -0.05) is 6.92 Å². The smallest absolute Gasteiger partial charge is 0.167 e. The van der Waals surface area contributed by atoms with Crippen LogP contribution in [0, 0.1) is 12.3 Å². The Kier molecular flexibility index (Phi) is 6.19. The summed E-state index contributed by atoms with van der Waals surface area (Å²) in [6.45, 7) is 4.18. The Morgan fingerprint density at radius 1 is 1.69 bits per heavy atom. The van der Waals surface area contributed by atoms with Gasteiger partial charge in [-0.15, -0.1) is 12.3 Å². The van der Waals surface area contributed by atoms with Gasteiger partial charge in [-0.2, -0.15) is 0 Å². The van der Waals surface area contributed by atoms with E-state index in [1.807, 2.05) is 13.6 Å². The monoisotopic (exact) mass is 246 g/mol. The van der Waals surface area contributed by atoms with Gasteiger partial charge in [-0.05, 0) is 19.3 Å². The van der Waals surface area contributed by atoms with Crippen molar-refractivity contribution in [2.75, 3.05) is 19.9 Å². The first kappa shape index (κ1) is 12.3. The lowest BCUT2D eigenvalue weighted by Gasteiger charge is -2.21. The summed E-state index contributed by atoms with van der Waals surface area (Å²) in [4.78, 5) is 0. The average Bonchev–Trinajstić information content (AvgIpc) is 2.65. The molecule has 16 heavy (non-hydrogen) atoms. The lowest BCUT2D eigenvalue weighted by Crippen LogP contribution is -2.22. The zero-order chi connectivity index (χ0) is 12.7. The highest BCUT2D eigenvalue weighted by Crippen LogP contribution is 2.39. The normalized spacial score (nSPS) is 32.1. The van der Waals surface area contributed by atoms with Crippen molar-refractivity contribution in [3.8, 4) is 12.3 Å². The van der Waals surface area contributed by atoms with Crippen molar-refractivity contribution in [3.63, 3.8) is 0 Å². The Hall–Kier alpha value is -0.130. The Labute approximate surface area is 101 Å². The minimum atomic E-state index is -0.892. The van der Waals surface area contributed by atoms with E-state index in [-0.39, 0.29) is 12.2 Å². The molecule has 0 N–H and O–H groups in total. The van der Waals surface area contributed by atoms with Gasteiger partial charge < -0.3 is 13.8 Å². The molecule has 1 saturated heterocycles. The van der Waals surface area contributed by atoms with E-state index in [2.05, 4.69) is 5.92 Å². The van der Waals surface area contributed by atoms with E-state index in [9.17, 15) is 0 Å². The molecule has 0 amide bonds. The molecule has 3 nitrogen and oxygen atoms in total. The van der Waals surface area contributed by atoms with E-state index < -0.39 is 15.0 Å². The van der Waals surface area contributed by atoms with Gasteiger partial charge in [0.15, 0.2) is 8.38 Å². The number of unbranched alkanes of at least 4 members (excludes halogenated alkanes) is 1. The second-order valence-corrected chi connectivity index (χ2v) is 5.06. The molecule has 92 valence electrons. The summed E-state index contributed by atoms with van der Waals surface area (Å²) in [5, 5.41) is 0. The molecule has 0 aromatic rings. The van der Waals surface area contributed by atoms with Crippen LogP contribution in [0.1, 0.15) is 34.0 Å². The highest BCUT2D eigenvalue weighted by molar-refractivity contribution is 7.46. The molecule has 0 aromatic carbocycles. The molecule has 1 aliphatic heterocycles. The first-order valence-electron chi connectivity index (χ1n) is 6.29. The van der Waals surface area contributed by atoms with Gasteiger partial charge >= 0.3 is 0 Å². The van der Waals surface area contributed by atoms with E-state index in [0.717, 1.165) is 19.3 Å². The summed E-state index contributed by atoms with van der Waals surface area (Å²) in [7, 11) is -0.892. The van der Waals surface area contributed by atoms with Crippen LogP contribution in [0.2, 0.25) is 0 Å². The second kappa shape index (κ2) is 8.03. The molecule has 4 atom stereocenters. The number of ether oxygens (including phenoxy) is 1. The van der Waals surface area contributed by atoms with Gasteiger partial charge in [0.1, 0.15) is 0 Å². The maximum Gasteiger partial charge on any atom is 0.167 e. The van der Waals surface area contributed by atoms with Gasteiger partial charge in [0.05, 0.1) is 20.2 Å². The van der Waals surface area contributed by atoms with Crippen LogP contribution in [-0.4, -0.2) is 32.1 Å². The van der Waals surface area contributed by atoms with Crippen LogP contribution in [-0.2, 0) is 13.8 Å². The fraction of sp³-hybridized carbons (Fsp3) is 0.833. The lowest BCUT2D eigenvalue weighted by molar-refractivity contribution is 0.0498. The Morgan fingerprint density at radius 3 is 3.19 bits per heavy atom. The molecule has 1 rings (SSSR count). The standard InChI is InChI=1S/C12H21O3P/c1-4-6-7-9-14-16(3)15-12-8-10-13-11(12)5-2/h1,11-12H,5-10H2,2-3H3/t11-,12?,16?/m1/s1/i10T/t10?,11-,12?,16?. The molecule has 0 spiro atoms. The predicted octanol–water partition coefficient (Wildman–Crippen LogP) is 2.94. The van der Waals surface area contributed by atoms with E-state index in [4.69, 9.17) is 21.6 Å². The van der Waals surface area contributed by atoms with Gasteiger partial charge in [-0.25, -0.2) is 0 Å². The summed E-state index contributed by atoms with van der Waals surface area (Å²) >= 11 is 0. The third kappa shape index (κ3) is 4.80. The van der Waals surface area contributed by atoms with E-state index in [0.29, 0.717) is 13.0 Å². The molecular formula is C12H21O3P. The third-order valence-corrected chi connectivity index (χ3v) is 3.55. The molecule has 0 saturated carbocycles. The van der Waals surface area contributed by atoms with E-state index >= 15 is 0 Å². The van der Waals surface area contributed by atoms with Crippen LogP contribution in [0.15, 0.2) is 0 Å². The zero-order valence-electron chi connectivity index (χ0n) is 11.0. The minimum absolute atomic E-state index is 0.00578. The summed E-state index contributed by atoms with van der Waals surface area (Å²) in [6.07, 6.45) is 8.32. The molecule has 0 aliphatic carbocycles. The number of terminal acetylenes is 1. The SMILES string of the molecule is [3H]C1CC(OP(C)OCCCC#C)[C@@H](CC)O1. The largest absolute Gasteiger partial charge is 0.375 e. The van der Waals surface area contributed by atoms with Crippen molar-refractivity contribution < 1.29 is 15.2 Å². The van der Waals surface area contributed by atoms with Gasteiger partial charge in [-0.3, -0.25) is 0 Å². The molecule has 0 radical (unpaired) electrons. The van der Waals surface area contributed by atoms with Crippen molar-refractivity contribution in [3.05, 3.63) is 0 Å². The number of rotatable bonds is 7. The van der Waals surface area contributed by atoms with Crippen LogP contribution in [0.25, 0.3) is 0 Å². The van der Waals surface area contributed by atoms with Crippen molar-refractivity contribution in [2.45, 2.75) is 44.8 Å². The van der Waals surface area contributed by atoms with Crippen molar-refractivity contribution >= 4 is 8.38 Å². The molecule has 0 aromatic heterocycles. The van der Waals surface area contributed by atoms with Crippen LogP contribution < -0.4 is 0 Å². The first-order valence-corrected chi connectivity index (χ1v) is 7.34. The van der Waals surface area contributed by atoms with E-state index in [1.54, 1.807) is 0 Å². The fourth-order valence-corrected chi connectivity index (χ4v) is 2.62. The molecule has 1 aliphatic rings. The highest BCUT2D eigenvalue weighted by atomic mass is 31.2. The number of hydrogen-bond acceptors (Lipinski definition) is 3. The van der Waals surface area contributed by atoms with Crippen LogP contribution in [0.4, 0.5) is 0 Å². The minimum Gasteiger partial charge on any atom is -0.375 e. The summed E-state index contributed by atoms with van der Waals surface area (Å²) in [6, 6.07) is 0. The highest BCUT2D eigenvalue weighted by Gasteiger charge is 2.29. The average molecular weight is 246 g/mol. The Morgan fingerprint density at radius 2 is 2.50 bits per heavy atom. The maximum absolute atomic E-state index is 7.58. The summed E-state index contributed by atoms with van der Waals surface area (Å²) < 4.78 is 24.4. The van der Waals surface area contributed by atoms with Gasteiger partial charge in [0.25, 0.3) is 0 Å². The van der Waals surface area contributed by atoms with Crippen LogP contribution in [0.5, 0.6) is 0 Å². The lowest BCUT2D eigenvalue weighted by atomic mass is 10.1. The van der Waals surface area contributed by atoms with E-state index in [1.165, 1.54) is 0 Å². The summed E-state index contributed by atoms with van der Waals surface area (Å²) in [5.74, 6) is 2.58. The van der Waals surface area contributed by atoms with Crippen molar-refractivity contribution in [2.24, 2.45) is 0 Å². The van der Waals surface area contributed by atoms with Crippen molar-refractivity contribution in [1.29, 1.82) is 0 Å². The molecule has 3 unspecified atom stereocenters. The molecule has 4 heteroatoms. The fourth-order valence-electron chi connectivity index (χ4n) is 1.57. The van der Waals surface area contributed by atoms with Gasteiger partial charge in [0.2, 0.25) is 0 Å². The summed E-state index contributed by atoms with van der Waals surface area (Å²) in [5.41, 5.74) is 0. The molecule has 1 heterocycles. The number of hydrogen-bond donors (Lipinski definition) is 0. The quantitative estimate of drug-likeness (QED) is 0.392. The van der Waals surface area contributed by atoms with Crippen molar-refractivity contribution in [1.82, 2.24) is 0 Å².